The fourth-order valence-electron chi connectivity index (χ4n) is 2.55. The summed E-state index contributed by atoms with van der Waals surface area (Å²) in [6, 6.07) is 10.4. The third kappa shape index (κ3) is 1.59. The first-order valence-electron chi connectivity index (χ1n) is 5.28. The number of carbonyl (C=O) groups excluding carboxylic acids is 1. The molecule has 0 bridgehead atoms. The maximum Gasteiger partial charge on any atom is 0.199 e. The van der Waals surface area contributed by atoms with Crippen molar-refractivity contribution in [2.45, 2.75) is 37.5 Å². The van der Waals surface area contributed by atoms with E-state index in [0.29, 0.717) is 6.42 Å². The summed E-state index contributed by atoms with van der Waals surface area (Å²) in [4.78, 5) is 10.6. The normalized spacial score (nSPS) is 19.4. The van der Waals surface area contributed by atoms with E-state index in [1.165, 1.54) is 18.4 Å². The van der Waals surface area contributed by atoms with E-state index in [-0.39, 0.29) is 5.41 Å². The summed E-state index contributed by atoms with van der Waals surface area (Å²) in [5.41, 5.74) is 1.43. The summed E-state index contributed by atoms with van der Waals surface area (Å²) < 4.78 is 0. The molecule has 1 aromatic rings. The Hall–Kier alpha value is -1.11. The zero-order chi connectivity index (χ0) is 9.86. The highest BCUT2D eigenvalue weighted by Gasteiger charge is 2.35. The Labute approximate surface area is 85.1 Å². The third-order valence-electron chi connectivity index (χ3n) is 3.36. The zero-order valence-electron chi connectivity index (χ0n) is 8.33. The van der Waals surface area contributed by atoms with Crippen LogP contribution in [0.25, 0.3) is 0 Å². The summed E-state index contributed by atoms with van der Waals surface area (Å²) in [7, 11) is 0. The third-order valence-corrected chi connectivity index (χ3v) is 3.36. The van der Waals surface area contributed by atoms with Gasteiger partial charge >= 0.3 is 0 Å². The molecule has 1 nitrogen and oxygen atoms in total. The van der Waals surface area contributed by atoms with Crippen molar-refractivity contribution in [1.82, 2.24) is 0 Å². The molecule has 1 aliphatic rings. The summed E-state index contributed by atoms with van der Waals surface area (Å²) in [6.45, 7) is 0. The lowest BCUT2D eigenvalue weighted by atomic mass is 9.77. The summed E-state index contributed by atoms with van der Waals surface area (Å²) in [6.07, 6.45) is 7.45. The first-order chi connectivity index (χ1) is 6.87. The van der Waals surface area contributed by atoms with Gasteiger partial charge in [-0.05, 0) is 18.4 Å². The minimum absolute atomic E-state index is 0.114. The second kappa shape index (κ2) is 3.95. The van der Waals surface area contributed by atoms with Crippen molar-refractivity contribution in [3.8, 4) is 0 Å². The van der Waals surface area contributed by atoms with Gasteiger partial charge in [0.1, 0.15) is 0 Å². The first kappa shape index (κ1) is 9.45. The van der Waals surface area contributed by atoms with Crippen LogP contribution in [0.3, 0.4) is 0 Å². The van der Waals surface area contributed by atoms with Crippen molar-refractivity contribution < 1.29 is 4.79 Å². The largest absolute Gasteiger partial charge is 0.291 e. The molecule has 1 saturated carbocycles. The number of benzene rings is 1. The predicted molar refractivity (Wildman–Crippen MR) is 56.9 cm³/mol. The van der Waals surface area contributed by atoms with Gasteiger partial charge < -0.3 is 0 Å². The van der Waals surface area contributed by atoms with Crippen molar-refractivity contribution in [2.24, 2.45) is 0 Å². The topological polar surface area (TPSA) is 17.1 Å². The molecule has 2 rings (SSSR count). The maximum atomic E-state index is 10.6. The van der Waals surface area contributed by atoms with Gasteiger partial charge in [-0.3, -0.25) is 4.79 Å². The molecule has 0 heterocycles. The van der Waals surface area contributed by atoms with Crippen molar-refractivity contribution in [3.63, 3.8) is 0 Å². The second-order valence-corrected chi connectivity index (χ2v) is 4.17. The Kier molecular flexibility index (Phi) is 2.67. The zero-order valence-corrected chi connectivity index (χ0v) is 8.33. The monoisotopic (exact) mass is 187 g/mol. The Morgan fingerprint density at radius 3 is 2.36 bits per heavy atom. The van der Waals surface area contributed by atoms with E-state index in [9.17, 15) is 4.79 Å². The minimum atomic E-state index is 0.114. The van der Waals surface area contributed by atoms with Crippen molar-refractivity contribution in [3.05, 3.63) is 35.9 Å². The molecule has 1 radical (unpaired) electrons. The molecule has 0 N–H and O–H groups in total. The summed E-state index contributed by atoms with van der Waals surface area (Å²) in [5.74, 6) is 0. The first-order valence-corrected chi connectivity index (χ1v) is 5.28. The molecular formula is C13H15O. The van der Waals surface area contributed by atoms with Gasteiger partial charge in [0.2, 0.25) is 0 Å². The van der Waals surface area contributed by atoms with Crippen LogP contribution in [-0.2, 0) is 10.2 Å². The minimum Gasteiger partial charge on any atom is -0.291 e. The molecular weight excluding hydrogens is 172 g/mol. The molecule has 14 heavy (non-hydrogen) atoms. The summed E-state index contributed by atoms with van der Waals surface area (Å²) in [5, 5.41) is 0. The molecule has 0 atom stereocenters. The van der Waals surface area contributed by atoms with Crippen LogP contribution in [0.2, 0.25) is 0 Å². The Morgan fingerprint density at radius 1 is 1.14 bits per heavy atom. The fraction of sp³-hybridized carbons (Fsp3) is 0.462. The highest BCUT2D eigenvalue weighted by Crippen LogP contribution is 2.42. The molecule has 0 amide bonds. The van der Waals surface area contributed by atoms with Gasteiger partial charge in [0.25, 0.3) is 0 Å². The smallest absolute Gasteiger partial charge is 0.199 e. The Bertz CT molecular complexity index is 296. The van der Waals surface area contributed by atoms with Gasteiger partial charge in [-0.15, -0.1) is 0 Å². The number of hydrogen-bond donors (Lipinski definition) is 0. The molecule has 1 aliphatic carbocycles. The van der Waals surface area contributed by atoms with Crippen LogP contribution in [0.5, 0.6) is 0 Å². The molecule has 1 aromatic carbocycles. The van der Waals surface area contributed by atoms with Gasteiger partial charge in [-0.25, -0.2) is 0 Å². The molecule has 0 aliphatic heterocycles. The van der Waals surface area contributed by atoms with E-state index in [2.05, 4.69) is 30.6 Å². The lowest BCUT2D eigenvalue weighted by Gasteiger charge is -2.26. The highest BCUT2D eigenvalue weighted by atomic mass is 16.1. The molecule has 0 unspecified atom stereocenters. The molecule has 0 aromatic heterocycles. The lowest BCUT2D eigenvalue weighted by molar-refractivity contribution is 0.440. The van der Waals surface area contributed by atoms with Gasteiger partial charge in [0, 0.05) is 11.8 Å². The standard InChI is InChI=1S/C13H15O/c14-11-10-13(8-4-5-9-13)12-6-2-1-3-7-12/h1-3,6-7H,4-5,8-10H2. The molecule has 1 fully saturated rings. The Morgan fingerprint density at radius 2 is 1.79 bits per heavy atom. The van der Waals surface area contributed by atoms with Gasteiger partial charge in [-0.1, -0.05) is 43.2 Å². The van der Waals surface area contributed by atoms with E-state index < -0.39 is 0 Å². The molecule has 0 spiro atoms. The van der Waals surface area contributed by atoms with Crippen LogP contribution in [-0.4, -0.2) is 6.29 Å². The highest BCUT2D eigenvalue weighted by molar-refractivity contribution is 5.54. The van der Waals surface area contributed by atoms with Crippen LogP contribution in [0.1, 0.15) is 37.7 Å². The van der Waals surface area contributed by atoms with E-state index in [4.69, 9.17) is 0 Å². The average Bonchev–Trinajstić information content (AvgIpc) is 2.70. The van der Waals surface area contributed by atoms with Gasteiger partial charge in [-0.2, -0.15) is 0 Å². The van der Waals surface area contributed by atoms with E-state index >= 15 is 0 Å². The van der Waals surface area contributed by atoms with Crippen LogP contribution in [0.4, 0.5) is 0 Å². The van der Waals surface area contributed by atoms with Crippen LogP contribution >= 0.6 is 0 Å². The number of hydrogen-bond acceptors (Lipinski definition) is 1. The molecule has 73 valence electrons. The lowest BCUT2D eigenvalue weighted by Crippen LogP contribution is -2.22. The molecule has 1 heteroatoms. The van der Waals surface area contributed by atoms with Gasteiger partial charge in [0.15, 0.2) is 6.29 Å². The fourth-order valence-corrected chi connectivity index (χ4v) is 2.55. The van der Waals surface area contributed by atoms with E-state index in [1.54, 1.807) is 0 Å². The Balaban J connectivity index is 2.31. The van der Waals surface area contributed by atoms with Crippen molar-refractivity contribution >= 4 is 6.29 Å². The second-order valence-electron chi connectivity index (χ2n) is 4.17. The summed E-state index contributed by atoms with van der Waals surface area (Å²) >= 11 is 0. The van der Waals surface area contributed by atoms with Crippen molar-refractivity contribution in [2.75, 3.05) is 0 Å². The van der Waals surface area contributed by atoms with Gasteiger partial charge in [0.05, 0.1) is 0 Å². The molecule has 0 saturated heterocycles. The predicted octanol–water partition coefficient (Wildman–Crippen LogP) is 3.00. The van der Waals surface area contributed by atoms with E-state index in [1.807, 2.05) is 6.07 Å². The van der Waals surface area contributed by atoms with E-state index in [0.717, 1.165) is 12.8 Å². The van der Waals surface area contributed by atoms with Crippen LogP contribution < -0.4 is 0 Å². The quantitative estimate of drug-likeness (QED) is 0.711. The average molecular weight is 187 g/mol. The maximum absolute atomic E-state index is 10.6. The van der Waals surface area contributed by atoms with Crippen LogP contribution in [0.15, 0.2) is 30.3 Å². The SMILES string of the molecule is O=[C]CC1(c2ccccc2)CCCC1. The number of rotatable bonds is 3. The van der Waals surface area contributed by atoms with Crippen LogP contribution in [0, 0.1) is 0 Å². The van der Waals surface area contributed by atoms with Crippen molar-refractivity contribution in [1.29, 1.82) is 0 Å².